The van der Waals surface area contributed by atoms with Crippen LogP contribution in [0.15, 0.2) is 73.1 Å². The van der Waals surface area contributed by atoms with E-state index in [1.54, 1.807) is 30.7 Å². The van der Waals surface area contributed by atoms with Gasteiger partial charge in [0.1, 0.15) is 5.83 Å². The molecule has 39 heavy (non-hydrogen) atoms. The lowest BCUT2D eigenvalue weighted by Crippen LogP contribution is -2.35. The molecule has 1 saturated heterocycles. The van der Waals surface area contributed by atoms with Gasteiger partial charge in [0.05, 0.1) is 42.4 Å². The molecule has 2 unspecified atom stereocenters. The number of benzene rings is 1. The van der Waals surface area contributed by atoms with Crippen molar-refractivity contribution < 1.29 is 14.2 Å². The summed E-state index contributed by atoms with van der Waals surface area (Å²) >= 11 is 0. The summed E-state index contributed by atoms with van der Waals surface area (Å²) in [6.07, 6.45) is 8.63. The van der Waals surface area contributed by atoms with Crippen molar-refractivity contribution in [3.05, 3.63) is 89.9 Å². The van der Waals surface area contributed by atoms with Crippen molar-refractivity contribution in [3.8, 4) is 23.2 Å². The number of aromatic nitrogens is 3. The van der Waals surface area contributed by atoms with Crippen LogP contribution < -0.4 is 4.74 Å². The lowest BCUT2D eigenvalue weighted by molar-refractivity contribution is 0.0250. The number of aliphatic hydroxyl groups is 1. The molecule has 0 saturated carbocycles. The molecule has 1 N–H and O–H groups in total. The van der Waals surface area contributed by atoms with Crippen molar-refractivity contribution in [2.45, 2.75) is 32.0 Å². The van der Waals surface area contributed by atoms with E-state index in [0.717, 1.165) is 37.1 Å². The van der Waals surface area contributed by atoms with Crippen LogP contribution in [0.2, 0.25) is 0 Å². The Kier molecular flexibility index (Phi) is 7.96. The number of pyridine rings is 1. The van der Waals surface area contributed by atoms with E-state index in [1.807, 2.05) is 31.2 Å². The van der Waals surface area contributed by atoms with E-state index in [9.17, 15) is 14.8 Å². The number of nitriles is 1. The van der Waals surface area contributed by atoms with Crippen LogP contribution in [0.1, 0.15) is 42.6 Å². The van der Waals surface area contributed by atoms with Gasteiger partial charge in [0.25, 0.3) is 0 Å². The van der Waals surface area contributed by atoms with Crippen molar-refractivity contribution in [1.82, 2.24) is 24.8 Å². The highest BCUT2D eigenvalue weighted by Gasteiger charge is 2.28. The Labute approximate surface area is 227 Å². The zero-order valence-electron chi connectivity index (χ0n) is 22.0. The van der Waals surface area contributed by atoms with Gasteiger partial charge in [0.15, 0.2) is 17.8 Å². The normalized spacial score (nSPS) is 19.2. The summed E-state index contributed by atoms with van der Waals surface area (Å²) < 4.78 is 20.8. The molecule has 0 radical (unpaired) electrons. The topological polar surface area (TPSA) is 98.4 Å². The highest BCUT2D eigenvalue weighted by Crippen LogP contribution is 2.34. The summed E-state index contributed by atoms with van der Waals surface area (Å²) in [5.41, 5.74) is 3.00. The molecular formula is C30H31FN6O2. The number of rotatable bonds is 7. The fourth-order valence-corrected chi connectivity index (χ4v) is 4.85. The largest absolute Gasteiger partial charge is 0.490 e. The zero-order chi connectivity index (χ0) is 27.4. The van der Waals surface area contributed by atoms with Crippen molar-refractivity contribution in [2.75, 3.05) is 26.7 Å². The number of piperidine rings is 1. The Hall–Kier alpha value is -4.13. The van der Waals surface area contributed by atoms with Gasteiger partial charge in [-0.1, -0.05) is 18.2 Å². The zero-order valence-corrected chi connectivity index (χ0v) is 22.0. The molecule has 9 heteroatoms. The van der Waals surface area contributed by atoms with Crippen molar-refractivity contribution in [3.63, 3.8) is 0 Å². The predicted octanol–water partition coefficient (Wildman–Crippen LogP) is 4.72. The fourth-order valence-electron chi connectivity index (χ4n) is 4.85. The van der Waals surface area contributed by atoms with E-state index in [1.165, 1.54) is 17.2 Å². The molecule has 0 bridgehead atoms. The molecule has 2 aliphatic heterocycles. The second-order valence-corrected chi connectivity index (χ2v) is 10.1. The van der Waals surface area contributed by atoms with Crippen molar-refractivity contribution in [1.29, 1.82) is 5.26 Å². The van der Waals surface area contributed by atoms with Crippen LogP contribution in [0.25, 0.3) is 17.0 Å². The summed E-state index contributed by atoms with van der Waals surface area (Å²) in [7, 11) is 2.14. The van der Waals surface area contributed by atoms with Gasteiger partial charge in [-0.05, 0) is 75.7 Å². The molecule has 8 nitrogen and oxygen atoms in total. The van der Waals surface area contributed by atoms with E-state index < -0.39 is 12.1 Å². The minimum atomic E-state index is -1.44. The van der Waals surface area contributed by atoms with Crippen LogP contribution in [0.3, 0.4) is 0 Å². The molecule has 2 aliphatic rings. The number of ether oxygens (including phenoxy) is 1. The molecule has 3 aromatic rings. The van der Waals surface area contributed by atoms with Crippen LogP contribution >= 0.6 is 0 Å². The summed E-state index contributed by atoms with van der Waals surface area (Å²) in [6, 6.07) is 12.5. The molecule has 4 heterocycles. The minimum absolute atomic E-state index is 0.384. The van der Waals surface area contributed by atoms with Crippen molar-refractivity contribution >= 4 is 5.57 Å². The first-order chi connectivity index (χ1) is 18.9. The molecule has 0 amide bonds. The number of allylic oxidation sites excluding steroid dienone is 2. The molecule has 5 rings (SSSR count). The maximum Gasteiger partial charge on any atom is 0.180 e. The first-order valence-electron chi connectivity index (χ1n) is 13.1. The molecule has 2 atom stereocenters. The Morgan fingerprint density at radius 1 is 1.15 bits per heavy atom. The number of hydrogen-bond donors (Lipinski definition) is 1. The maximum absolute atomic E-state index is 14.8. The van der Waals surface area contributed by atoms with Gasteiger partial charge >= 0.3 is 0 Å². The van der Waals surface area contributed by atoms with Crippen LogP contribution in [0, 0.1) is 17.2 Å². The summed E-state index contributed by atoms with van der Waals surface area (Å²) in [4.78, 5) is 17.2. The van der Waals surface area contributed by atoms with Gasteiger partial charge in [0.2, 0.25) is 0 Å². The number of halogens is 1. The highest BCUT2D eigenvalue weighted by molar-refractivity contribution is 5.73. The Morgan fingerprint density at radius 2 is 1.92 bits per heavy atom. The SMILES string of the molecule is CC(c1cccc(-c2ncc(OCC3CCN(C)CC3)cn2)c1)N1C=C(c2cc(C#N)ccn2)C=C(F)C1O. The van der Waals surface area contributed by atoms with E-state index in [4.69, 9.17) is 4.74 Å². The van der Waals surface area contributed by atoms with Gasteiger partial charge in [0, 0.05) is 23.5 Å². The standard InChI is InChI=1S/C30H31FN6O2/c1-20(37-18-25(14-27(31)30(37)38)28-12-22(15-32)6-9-33-28)23-4-3-5-24(13-23)29-34-16-26(17-35-29)39-19-21-7-10-36(2)11-8-21/h3-6,9,12-14,16-18,20-21,30,38H,7-8,10-11,19H2,1-2H3. The smallest absolute Gasteiger partial charge is 0.180 e. The molecular weight excluding hydrogens is 495 g/mol. The lowest BCUT2D eigenvalue weighted by Gasteiger charge is -2.35. The summed E-state index contributed by atoms with van der Waals surface area (Å²) in [6.45, 7) is 4.74. The third-order valence-electron chi connectivity index (χ3n) is 7.32. The Bertz CT molecular complexity index is 1410. The van der Waals surface area contributed by atoms with Gasteiger partial charge in [-0.2, -0.15) is 5.26 Å². The van der Waals surface area contributed by atoms with Gasteiger partial charge in [-0.15, -0.1) is 0 Å². The number of nitrogens with zero attached hydrogens (tertiary/aromatic N) is 6. The average Bonchev–Trinajstić information content (AvgIpc) is 2.98. The highest BCUT2D eigenvalue weighted by atomic mass is 19.1. The monoisotopic (exact) mass is 526 g/mol. The number of likely N-dealkylation sites (tertiary alicyclic amines) is 1. The third kappa shape index (κ3) is 6.14. The van der Waals surface area contributed by atoms with Crippen LogP contribution in [-0.4, -0.2) is 62.8 Å². The summed E-state index contributed by atoms with van der Waals surface area (Å²) in [5, 5.41) is 19.8. The van der Waals surface area contributed by atoms with Crippen LogP contribution in [0.5, 0.6) is 5.75 Å². The predicted molar refractivity (Wildman–Crippen MR) is 146 cm³/mol. The van der Waals surface area contributed by atoms with Gasteiger partial charge in [-0.3, -0.25) is 4.98 Å². The lowest BCUT2D eigenvalue weighted by atomic mass is 9.98. The number of hydrogen-bond acceptors (Lipinski definition) is 8. The van der Waals surface area contributed by atoms with E-state index in [2.05, 4.69) is 33.0 Å². The molecule has 1 aromatic carbocycles. The molecule has 0 spiro atoms. The van der Waals surface area contributed by atoms with Crippen LogP contribution in [0.4, 0.5) is 4.39 Å². The summed E-state index contributed by atoms with van der Waals surface area (Å²) in [5.74, 6) is 1.05. The molecule has 0 aliphatic carbocycles. The number of aliphatic hydroxyl groups excluding tert-OH is 1. The maximum atomic E-state index is 14.8. The average molecular weight is 527 g/mol. The third-order valence-corrected chi connectivity index (χ3v) is 7.32. The first-order valence-corrected chi connectivity index (χ1v) is 13.1. The van der Waals surface area contributed by atoms with Crippen LogP contribution in [-0.2, 0) is 0 Å². The Balaban J connectivity index is 1.31. The molecule has 1 fully saturated rings. The molecule has 2 aromatic heterocycles. The van der Waals surface area contributed by atoms with E-state index in [0.29, 0.717) is 40.9 Å². The Morgan fingerprint density at radius 3 is 2.67 bits per heavy atom. The quantitative estimate of drug-likeness (QED) is 0.472. The van der Waals surface area contributed by atoms with E-state index in [-0.39, 0.29) is 6.04 Å². The minimum Gasteiger partial charge on any atom is -0.490 e. The molecule has 200 valence electrons. The second kappa shape index (κ2) is 11.7. The van der Waals surface area contributed by atoms with Gasteiger partial charge in [-0.25, -0.2) is 14.4 Å². The van der Waals surface area contributed by atoms with Crippen molar-refractivity contribution in [2.24, 2.45) is 5.92 Å². The first kappa shape index (κ1) is 26.5. The van der Waals surface area contributed by atoms with E-state index >= 15 is 0 Å². The fraction of sp³-hybridized carbons (Fsp3) is 0.333. The second-order valence-electron chi connectivity index (χ2n) is 10.1. The van der Waals surface area contributed by atoms with Gasteiger partial charge < -0.3 is 19.6 Å².